The number of carbonyl (C=O) groups is 2. The first-order valence-electron chi connectivity index (χ1n) is 8.07. The first-order valence-corrected chi connectivity index (χ1v) is 8.07. The molecule has 2 aliphatic rings. The van der Waals surface area contributed by atoms with Crippen molar-refractivity contribution >= 4 is 11.8 Å². The Morgan fingerprint density at radius 1 is 1.42 bits per heavy atom. The number of aryl methyl sites for hydroxylation is 1. The van der Waals surface area contributed by atoms with E-state index in [4.69, 9.17) is 4.42 Å². The summed E-state index contributed by atoms with van der Waals surface area (Å²) in [6, 6.07) is 3.59. The first-order chi connectivity index (χ1) is 11.6. The Morgan fingerprint density at radius 3 is 2.88 bits per heavy atom. The second kappa shape index (κ2) is 5.74. The Hall–Kier alpha value is -2.70. The zero-order chi connectivity index (χ0) is 16.7. The van der Waals surface area contributed by atoms with Gasteiger partial charge in [0.05, 0.1) is 12.1 Å². The molecule has 124 valence electrons. The van der Waals surface area contributed by atoms with E-state index in [2.05, 4.69) is 15.3 Å². The quantitative estimate of drug-likeness (QED) is 0.922. The van der Waals surface area contributed by atoms with Crippen LogP contribution < -0.4 is 5.32 Å². The predicted molar refractivity (Wildman–Crippen MR) is 84.0 cm³/mol. The highest BCUT2D eigenvalue weighted by Gasteiger charge is 2.48. The van der Waals surface area contributed by atoms with Gasteiger partial charge in [0.1, 0.15) is 5.76 Å². The summed E-state index contributed by atoms with van der Waals surface area (Å²) in [5.74, 6) is 0.230. The molecule has 4 rings (SSSR count). The van der Waals surface area contributed by atoms with Gasteiger partial charge in [-0.15, -0.1) is 0 Å². The lowest BCUT2D eigenvalue weighted by Crippen LogP contribution is -2.40. The molecule has 0 spiro atoms. The minimum atomic E-state index is -0.314. The van der Waals surface area contributed by atoms with Crippen molar-refractivity contribution in [2.75, 3.05) is 0 Å². The molecule has 1 aliphatic carbocycles. The van der Waals surface area contributed by atoms with Gasteiger partial charge in [0.25, 0.3) is 5.91 Å². The number of rotatable bonds is 4. The molecule has 2 aromatic heterocycles. The highest BCUT2D eigenvalue weighted by molar-refractivity contribution is 5.94. The molecule has 2 amide bonds. The number of carbonyl (C=O) groups excluding carboxylic acids is 2. The maximum Gasteiger partial charge on any atom is 0.273 e. The van der Waals surface area contributed by atoms with Crippen LogP contribution in [0.15, 0.2) is 35.3 Å². The number of nitrogens with zero attached hydrogens (tertiary/aromatic N) is 3. The van der Waals surface area contributed by atoms with Gasteiger partial charge in [0, 0.05) is 24.9 Å². The summed E-state index contributed by atoms with van der Waals surface area (Å²) in [6.45, 7) is 1.69. The van der Waals surface area contributed by atoms with Crippen LogP contribution in [-0.4, -0.2) is 38.8 Å². The number of aromatic nitrogens is 2. The van der Waals surface area contributed by atoms with Gasteiger partial charge in [0.15, 0.2) is 12.1 Å². The molecule has 2 fully saturated rings. The van der Waals surface area contributed by atoms with Crippen LogP contribution in [0.25, 0.3) is 0 Å². The monoisotopic (exact) mass is 326 g/mol. The summed E-state index contributed by atoms with van der Waals surface area (Å²) < 4.78 is 5.09. The van der Waals surface area contributed by atoms with Gasteiger partial charge in [-0.2, -0.15) is 0 Å². The van der Waals surface area contributed by atoms with Crippen LogP contribution in [0.1, 0.15) is 47.1 Å². The Bertz CT molecular complexity index is 769. The third kappa shape index (κ3) is 2.55. The average molecular weight is 326 g/mol. The summed E-state index contributed by atoms with van der Waals surface area (Å²) in [7, 11) is 0. The van der Waals surface area contributed by atoms with Crippen molar-refractivity contribution in [1.82, 2.24) is 20.2 Å². The molecule has 7 nitrogen and oxygen atoms in total. The highest BCUT2D eigenvalue weighted by Crippen LogP contribution is 2.41. The molecule has 0 unspecified atom stereocenters. The van der Waals surface area contributed by atoms with Crippen molar-refractivity contribution in [3.63, 3.8) is 0 Å². The topological polar surface area (TPSA) is 88.3 Å². The van der Waals surface area contributed by atoms with E-state index in [0.29, 0.717) is 12.2 Å². The molecule has 1 N–H and O–H groups in total. The minimum Gasteiger partial charge on any atom is -0.448 e. The fourth-order valence-corrected chi connectivity index (χ4v) is 3.37. The van der Waals surface area contributed by atoms with Gasteiger partial charge >= 0.3 is 0 Å². The van der Waals surface area contributed by atoms with Crippen LogP contribution in [-0.2, 0) is 4.79 Å². The second-order valence-corrected chi connectivity index (χ2v) is 6.30. The van der Waals surface area contributed by atoms with E-state index in [1.807, 2.05) is 17.0 Å². The smallest absolute Gasteiger partial charge is 0.273 e. The van der Waals surface area contributed by atoms with Crippen molar-refractivity contribution in [2.45, 2.75) is 44.3 Å². The molecule has 3 heterocycles. The summed E-state index contributed by atoms with van der Waals surface area (Å²) in [5, 5.41) is 2.96. The maximum absolute atomic E-state index is 12.5. The van der Waals surface area contributed by atoms with Crippen molar-refractivity contribution in [3.05, 3.63) is 47.9 Å². The lowest BCUT2D eigenvalue weighted by molar-refractivity contribution is -0.129. The first kappa shape index (κ1) is 14.9. The number of likely N-dealkylation sites (tertiary alicyclic amines) is 1. The molecule has 7 heteroatoms. The van der Waals surface area contributed by atoms with Crippen LogP contribution >= 0.6 is 0 Å². The largest absolute Gasteiger partial charge is 0.448 e. The van der Waals surface area contributed by atoms with E-state index in [1.54, 1.807) is 19.3 Å². The number of amides is 2. The third-order valence-electron chi connectivity index (χ3n) is 4.61. The lowest BCUT2D eigenvalue weighted by atomic mass is 10.0. The highest BCUT2D eigenvalue weighted by atomic mass is 16.3. The zero-order valence-electron chi connectivity index (χ0n) is 13.3. The van der Waals surface area contributed by atoms with Crippen LogP contribution in [0.2, 0.25) is 0 Å². The molecule has 24 heavy (non-hydrogen) atoms. The van der Waals surface area contributed by atoms with Gasteiger partial charge in [-0.3, -0.25) is 14.6 Å². The second-order valence-electron chi connectivity index (χ2n) is 6.30. The summed E-state index contributed by atoms with van der Waals surface area (Å²) in [5.41, 5.74) is 1.20. The number of oxazole rings is 1. The Balaban J connectivity index is 1.62. The van der Waals surface area contributed by atoms with Crippen molar-refractivity contribution in [3.8, 4) is 0 Å². The van der Waals surface area contributed by atoms with Crippen molar-refractivity contribution in [1.29, 1.82) is 0 Å². The van der Waals surface area contributed by atoms with Crippen LogP contribution in [0, 0.1) is 6.92 Å². The fourth-order valence-electron chi connectivity index (χ4n) is 3.37. The Morgan fingerprint density at radius 2 is 2.25 bits per heavy atom. The van der Waals surface area contributed by atoms with Gasteiger partial charge in [-0.1, -0.05) is 6.07 Å². The molecule has 0 radical (unpaired) electrons. The van der Waals surface area contributed by atoms with Gasteiger partial charge in [-0.25, -0.2) is 4.98 Å². The predicted octanol–water partition coefficient (Wildman–Crippen LogP) is 1.61. The average Bonchev–Trinajstić information content (AvgIpc) is 3.24. The third-order valence-corrected chi connectivity index (χ3v) is 4.61. The summed E-state index contributed by atoms with van der Waals surface area (Å²) in [6.07, 6.45) is 7.04. The van der Waals surface area contributed by atoms with Crippen molar-refractivity contribution in [2.24, 2.45) is 0 Å². The zero-order valence-corrected chi connectivity index (χ0v) is 13.3. The van der Waals surface area contributed by atoms with Crippen LogP contribution in [0.5, 0.6) is 0 Å². The van der Waals surface area contributed by atoms with Crippen molar-refractivity contribution < 1.29 is 14.0 Å². The Kier molecular flexibility index (Phi) is 3.55. The van der Waals surface area contributed by atoms with Crippen LogP contribution in [0.3, 0.4) is 0 Å². The van der Waals surface area contributed by atoms with E-state index >= 15 is 0 Å². The van der Waals surface area contributed by atoms with Gasteiger partial charge < -0.3 is 14.6 Å². The van der Waals surface area contributed by atoms with Crippen LogP contribution in [0.4, 0.5) is 0 Å². The molecule has 1 saturated heterocycles. The molecule has 2 aromatic rings. The molecule has 2 atom stereocenters. The van der Waals surface area contributed by atoms with E-state index in [9.17, 15) is 9.59 Å². The normalized spacial score (nSPS) is 23.5. The number of pyridine rings is 1. The molecule has 0 aromatic carbocycles. The van der Waals surface area contributed by atoms with E-state index in [1.165, 1.54) is 6.39 Å². The maximum atomic E-state index is 12.5. The van der Waals surface area contributed by atoms with E-state index in [-0.39, 0.29) is 35.6 Å². The molecular weight excluding hydrogens is 308 g/mol. The number of nitrogens with one attached hydrogen (secondary N) is 1. The van der Waals surface area contributed by atoms with E-state index < -0.39 is 0 Å². The minimum absolute atomic E-state index is 0.0773. The standard InChI is InChI=1S/C17H18N4O3/c1-10-15(19-9-24-10)17(23)20-13-7-14(22)21(12-4-5-12)16(13)11-3-2-6-18-8-11/h2-3,6,8-9,12-13,16H,4-5,7H2,1H3,(H,20,23)/t13-,16+/m1/s1. The SMILES string of the molecule is Cc1ocnc1C(=O)N[C@@H]1CC(=O)N(C2CC2)[C@H]1c1cccnc1. The molecular formula is C17H18N4O3. The van der Waals surface area contributed by atoms with Gasteiger partial charge in [0.2, 0.25) is 5.91 Å². The molecule has 1 saturated carbocycles. The number of hydrogen-bond acceptors (Lipinski definition) is 5. The van der Waals surface area contributed by atoms with E-state index in [0.717, 1.165) is 18.4 Å². The van der Waals surface area contributed by atoms with Gasteiger partial charge in [-0.05, 0) is 31.4 Å². The molecule has 1 aliphatic heterocycles. The number of hydrogen-bond donors (Lipinski definition) is 1. The fraction of sp³-hybridized carbons (Fsp3) is 0.412. The molecule has 0 bridgehead atoms. The summed E-state index contributed by atoms with van der Waals surface area (Å²) >= 11 is 0. The Labute approximate surface area is 139 Å². The summed E-state index contributed by atoms with van der Waals surface area (Å²) in [4.78, 5) is 35.0. The lowest BCUT2D eigenvalue weighted by Gasteiger charge is -2.28.